The maximum absolute atomic E-state index is 11.2. The Bertz CT molecular complexity index is 1160. The molecular formula is C20H17N5O4. The third-order valence-corrected chi connectivity index (χ3v) is 4.19. The van der Waals surface area contributed by atoms with E-state index >= 15 is 0 Å². The molecule has 1 amide bonds. The molecule has 0 radical (unpaired) electrons. The number of anilines is 2. The summed E-state index contributed by atoms with van der Waals surface area (Å²) in [6.07, 6.45) is 3.59. The van der Waals surface area contributed by atoms with E-state index in [0.717, 1.165) is 11.3 Å². The number of rotatable bonds is 7. The van der Waals surface area contributed by atoms with Gasteiger partial charge < -0.3 is 25.3 Å². The highest BCUT2D eigenvalue weighted by Gasteiger charge is 2.14. The summed E-state index contributed by atoms with van der Waals surface area (Å²) >= 11 is 0. The van der Waals surface area contributed by atoms with Crippen molar-refractivity contribution in [3.63, 3.8) is 0 Å². The lowest BCUT2D eigenvalue weighted by Gasteiger charge is -2.09. The fraction of sp³-hybridized carbons (Fsp3) is 0.100. The standard InChI is InChI=1S/C20H17N5O4/c21-18(27)16-11-12(5-8-22-16)6-9-29-20-17-15(7-10-28-17)19(24-25-20)23-13-1-3-14(26)4-2-13/h1-5,7-8,10-11,26H,6,9H2,(H2,21,27)(H,23,24). The van der Waals surface area contributed by atoms with Gasteiger partial charge in [0.1, 0.15) is 11.4 Å². The molecule has 0 aliphatic carbocycles. The van der Waals surface area contributed by atoms with Gasteiger partial charge in [0.25, 0.3) is 11.8 Å². The minimum absolute atomic E-state index is 0.177. The molecule has 1 aromatic carbocycles. The van der Waals surface area contributed by atoms with Crippen LogP contribution in [-0.4, -0.2) is 32.8 Å². The number of fused-ring (bicyclic) bond motifs is 1. The number of aromatic nitrogens is 3. The molecule has 0 saturated carbocycles. The summed E-state index contributed by atoms with van der Waals surface area (Å²) in [6, 6.07) is 11.8. The highest BCUT2D eigenvalue weighted by Crippen LogP contribution is 2.30. The van der Waals surface area contributed by atoms with Gasteiger partial charge in [-0.15, -0.1) is 10.2 Å². The second kappa shape index (κ2) is 7.85. The van der Waals surface area contributed by atoms with E-state index in [0.29, 0.717) is 29.8 Å². The number of furan rings is 1. The molecule has 0 fully saturated rings. The van der Waals surface area contributed by atoms with Crippen LogP contribution in [0.15, 0.2) is 59.3 Å². The molecule has 146 valence electrons. The first kappa shape index (κ1) is 18.2. The molecule has 0 atom stereocenters. The van der Waals surface area contributed by atoms with E-state index in [1.54, 1.807) is 42.5 Å². The zero-order valence-electron chi connectivity index (χ0n) is 15.2. The zero-order chi connectivity index (χ0) is 20.2. The summed E-state index contributed by atoms with van der Waals surface area (Å²) in [4.78, 5) is 15.1. The van der Waals surface area contributed by atoms with E-state index in [1.807, 2.05) is 0 Å². The fourth-order valence-electron chi connectivity index (χ4n) is 2.75. The van der Waals surface area contributed by atoms with Gasteiger partial charge in [0.05, 0.1) is 18.3 Å². The summed E-state index contributed by atoms with van der Waals surface area (Å²) < 4.78 is 11.3. The third kappa shape index (κ3) is 4.08. The Labute approximate surface area is 165 Å². The molecule has 29 heavy (non-hydrogen) atoms. The Balaban J connectivity index is 1.47. The quantitative estimate of drug-likeness (QED) is 0.409. The molecule has 4 N–H and O–H groups in total. The van der Waals surface area contributed by atoms with Crippen LogP contribution in [0.1, 0.15) is 16.1 Å². The Morgan fingerprint density at radius 2 is 2.00 bits per heavy atom. The summed E-state index contributed by atoms with van der Waals surface area (Å²) in [6.45, 7) is 0.303. The molecule has 4 rings (SSSR count). The van der Waals surface area contributed by atoms with E-state index in [4.69, 9.17) is 14.9 Å². The maximum atomic E-state index is 11.2. The highest BCUT2D eigenvalue weighted by molar-refractivity contribution is 5.92. The monoisotopic (exact) mass is 391 g/mol. The van der Waals surface area contributed by atoms with Gasteiger partial charge in [-0.2, -0.15) is 0 Å². The summed E-state index contributed by atoms with van der Waals surface area (Å²) in [5.74, 6) is 0.376. The molecule has 3 heterocycles. The van der Waals surface area contributed by atoms with Crippen molar-refractivity contribution in [2.75, 3.05) is 11.9 Å². The number of aromatic hydroxyl groups is 1. The van der Waals surface area contributed by atoms with E-state index in [1.165, 1.54) is 12.5 Å². The number of nitrogens with one attached hydrogen (secondary N) is 1. The molecule has 4 aromatic rings. The maximum Gasteiger partial charge on any atom is 0.277 e. The van der Waals surface area contributed by atoms with Gasteiger partial charge in [0.2, 0.25) is 5.58 Å². The van der Waals surface area contributed by atoms with Crippen molar-refractivity contribution >= 4 is 28.4 Å². The van der Waals surface area contributed by atoms with Gasteiger partial charge in [0, 0.05) is 18.3 Å². The molecular weight excluding hydrogens is 374 g/mol. The normalized spacial score (nSPS) is 10.8. The number of nitrogens with zero attached hydrogens (tertiary/aromatic N) is 3. The lowest BCUT2D eigenvalue weighted by molar-refractivity contribution is 0.0995. The van der Waals surface area contributed by atoms with Crippen LogP contribution >= 0.6 is 0 Å². The number of hydrogen-bond donors (Lipinski definition) is 3. The van der Waals surface area contributed by atoms with Gasteiger partial charge >= 0.3 is 0 Å². The van der Waals surface area contributed by atoms with Crippen molar-refractivity contribution in [3.8, 4) is 11.6 Å². The van der Waals surface area contributed by atoms with Crippen LogP contribution in [-0.2, 0) is 6.42 Å². The highest BCUT2D eigenvalue weighted by atomic mass is 16.5. The lowest BCUT2D eigenvalue weighted by atomic mass is 10.2. The number of nitrogens with two attached hydrogens (primary N) is 1. The first-order valence-electron chi connectivity index (χ1n) is 8.77. The van der Waals surface area contributed by atoms with Crippen LogP contribution in [0.2, 0.25) is 0 Å². The lowest BCUT2D eigenvalue weighted by Crippen LogP contribution is -2.13. The molecule has 0 aliphatic heterocycles. The number of ether oxygens (including phenoxy) is 1. The van der Waals surface area contributed by atoms with Crippen molar-refractivity contribution in [1.82, 2.24) is 15.2 Å². The second-order valence-electron chi connectivity index (χ2n) is 6.20. The molecule has 0 spiro atoms. The summed E-state index contributed by atoms with van der Waals surface area (Å²) in [5, 5.41) is 21.5. The van der Waals surface area contributed by atoms with Crippen LogP contribution in [0.3, 0.4) is 0 Å². The molecule has 0 bridgehead atoms. The minimum Gasteiger partial charge on any atom is -0.508 e. The number of phenolic OH excluding ortho intramolecular Hbond substituents is 1. The van der Waals surface area contributed by atoms with E-state index in [-0.39, 0.29) is 17.3 Å². The van der Waals surface area contributed by atoms with Gasteiger partial charge in [-0.1, -0.05) is 0 Å². The fourth-order valence-corrected chi connectivity index (χ4v) is 2.75. The van der Waals surface area contributed by atoms with Crippen LogP contribution in [0.25, 0.3) is 11.0 Å². The molecule has 9 heteroatoms. The van der Waals surface area contributed by atoms with Crippen LogP contribution in [0, 0.1) is 0 Å². The predicted octanol–water partition coefficient (Wildman–Crippen LogP) is 2.79. The van der Waals surface area contributed by atoms with E-state index in [2.05, 4.69) is 20.5 Å². The molecule has 9 nitrogen and oxygen atoms in total. The van der Waals surface area contributed by atoms with E-state index in [9.17, 15) is 9.90 Å². The Hall–Kier alpha value is -4.14. The topological polar surface area (TPSA) is 136 Å². The molecule has 3 aromatic heterocycles. The van der Waals surface area contributed by atoms with Gasteiger partial charge in [-0.3, -0.25) is 9.78 Å². The second-order valence-corrected chi connectivity index (χ2v) is 6.20. The number of carbonyl (C=O) groups excluding carboxylic acids is 1. The van der Waals surface area contributed by atoms with Crippen molar-refractivity contribution in [2.24, 2.45) is 5.73 Å². The van der Waals surface area contributed by atoms with Crippen LogP contribution in [0.4, 0.5) is 11.5 Å². The number of pyridine rings is 1. The summed E-state index contributed by atoms with van der Waals surface area (Å²) in [5.41, 5.74) is 7.53. The van der Waals surface area contributed by atoms with E-state index < -0.39 is 5.91 Å². The first-order chi connectivity index (χ1) is 14.1. The van der Waals surface area contributed by atoms with Crippen LogP contribution in [0.5, 0.6) is 11.6 Å². The largest absolute Gasteiger partial charge is 0.508 e. The first-order valence-corrected chi connectivity index (χ1v) is 8.77. The molecule has 0 saturated heterocycles. The number of amides is 1. The SMILES string of the molecule is NC(=O)c1cc(CCOc2nnc(Nc3ccc(O)cc3)c3ccoc23)ccn1. The third-order valence-electron chi connectivity index (χ3n) is 4.19. The predicted molar refractivity (Wildman–Crippen MR) is 105 cm³/mol. The van der Waals surface area contributed by atoms with Gasteiger partial charge in [-0.05, 0) is 48.0 Å². The van der Waals surface area contributed by atoms with Crippen molar-refractivity contribution < 1.29 is 19.1 Å². The number of benzene rings is 1. The van der Waals surface area contributed by atoms with Crippen molar-refractivity contribution in [1.29, 1.82) is 0 Å². The average Bonchev–Trinajstić information content (AvgIpc) is 3.22. The number of carbonyl (C=O) groups is 1. The minimum atomic E-state index is -0.576. The molecule has 0 aliphatic rings. The smallest absolute Gasteiger partial charge is 0.277 e. The average molecular weight is 391 g/mol. The number of hydrogen-bond acceptors (Lipinski definition) is 8. The van der Waals surface area contributed by atoms with Crippen molar-refractivity contribution in [3.05, 3.63) is 66.2 Å². The Morgan fingerprint density at radius 1 is 1.17 bits per heavy atom. The van der Waals surface area contributed by atoms with Gasteiger partial charge in [0.15, 0.2) is 5.82 Å². The number of primary amides is 1. The van der Waals surface area contributed by atoms with Gasteiger partial charge in [-0.25, -0.2) is 0 Å². The summed E-state index contributed by atoms with van der Waals surface area (Å²) in [7, 11) is 0. The zero-order valence-corrected chi connectivity index (χ0v) is 15.2. The van der Waals surface area contributed by atoms with Crippen molar-refractivity contribution in [2.45, 2.75) is 6.42 Å². The Morgan fingerprint density at radius 3 is 2.79 bits per heavy atom. The van der Waals surface area contributed by atoms with Crippen LogP contribution < -0.4 is 15.8 Å². The Kier molecular flexibility index (Phi) is 4.93. The number of phenols is 1. The molecule has 0 unspecified atom stereocenters.